The van der Waals surface area contributed by atoms with Gasteiger partial charge in [-0.15, -0.1) is 0 Å². The van der Waals surface area contributed by atoms with Crippen LogP contribution < -0.4 is 10.9 Å². The summed E-state index contributed by atoms with van der Waals surface area (Å²) in [6.45, 7) is 3.76. The summed E-state index contributed by atoms with van der Waals surface area (Å²) in [5.74, 6) is 0. The molecule has 0 radical (unpaired) electrons. The molecule has 0 aliphatic heterocycles. The van der Waals surface area contributed by atoms with Crippen LogP contribution in [0.5, 0.6) is 0 Å². The molecular formula is C18H17Cl2N3O2S. The molecule has 1 aromatic carbocycles. The van der Waals surface area contributed by atoms with Crippen LogP contribution in [0.2, 0.25) is 10.0 Å². The minimum absolute atomic E-state index is 0.00202. The third-order valence-corrected chi connectivity index (χ3v) is 5.54. The second-order valence-corrected chi connectivity index (χ2v) is 7.73. The second-order valence-electron chi connectivity index (χ2n) is 6.16. The molecule has 1 unspecified atom stereocenters. The first-order valence-corrected chi connectivity index (χ1v) is 9.53. The van der Waals surface area contributed by atoms with Gasteiger partial charge in [-0.2, -0.15) is 21.1 Å². The number of nitrogens with one attached hydrogen (secondary N) is 1. The Bertz CT molecular complexity index is 985. The fourth-order valence-electron chi connectivity index (χ4n) is 2.39. The van der Waals surface area contributed by atoms with Crippen LogP contribution in [-0.2, 0) is 5.60 Å². The first-order chi connectivity index (χ1) is 12.3. The van der Waals surface area contributed by atoms with Crippen LogP contribution in [-0.4, -0.2) is 21.4 Å². The molecule has 0 aliphatic carbocycles. The Morgan fingerprint density at radius 2 is 2.12 bits per heavy atom. The summed E-state index contributed by atoms with van der Waals surface area (Å²) < 4.78 is 1.19. The number of halogens is 2. The number of aryl methyl sites for hydroxylation is 1. The van der Waals surface area contributed by atoms with Crippen LogP contribution in [0.1, 0.15) is 18.1 Å². The number of aliphatic hydroxyl groups is 1. The molecule has 0 aliphatic rings. The summed E-state index contributed by atoms with van der Waals surface area (Å²) in [5, 5.41) is 22.0. The lowest BCUT2D eigenvalue weighted by atomic mass is 9.99. The third-order valence-electron chi connectivity index (χ3n) is 4.09. The smallest absolute Gasteiger partial charge is 0.292 e. The minimum atomic E-state index is -1.09. The highest BCUT2D eigenvalue weighted by atomic mass is 35.5. The van der Waals surface area contributed by atoms with Crippen molar-refractivity contribution in [3.05, 3.63) is 72.7 Å². The van der Waals surface area contributed by atoms with Gasteiger partial charge in [0.2, 0.25) is 0 Å². The van der Waals surface area contributed by atoms with E-state index in [0.717, 1.165) is 11.1 Å². The van der Waals surface area contributed by atoms with Crippen LogP contribution >= 0.6 is 34.5 Å². The van der Waals surface area contributed by atoms with Crippen LogP contribution in [0.25, 0.3) is 5.69 Å². The van der Waals surface area contributed by atoms with E-state index in [1.54, 1.807) is 19.1 Å². The summed E-state index contributed by atoms with van der Waals surface area (Å²) in [4.78, 5) is 12.6. The highest BCUT2D eigenvalue weighted by molar-refractivity contribution is 7.08. The van der Waals surface area contributed by atoms with Crippen LogP contribution in [0.4, 0.5) is 5.69 Å². The fourth-order valence-corrected chi connectivity index (χ4v) is 3.55. The fraction of sp³-hybridized carbons (Fsp3) is 0.222. The molecule has 136 valence electrons. The van der Waals surface area contributed by atoms with E-state index in [1.165, 1.54) is 22.2 Å². The van der Waals surface area contributed by atoms with E-state index in [1.807, 2.05) is 29.8 Å². The molecule has 26 heavy (non-hydrogen) atoms. The first kappa shape index (κ1) is 18.9. The van der Waals surface area contributed by atoms with E-state index in [-0.39, 0.29) is 11.6 Å². The molecule has 2 heterocycles. The van der Waals surface area contributed by atoms with E-state index in [2.05, 4.69) is 10.4 Å². The van der Waals surface area contributed by atoms with Gasteiger partial charge in [0.05, 0.1) is 17.6 Å². The van der Waals surface area contributed by atoms with Crippen molar-refractivity contribution < 1.29 is 5.11 Å². The number of aromatic nitrogens is 2. The third kappa shape index (κ3) is 3.78. The molecule has 0 amide bonds. The van der Waals surface area contributed by atoms with Gasteiger partial charge in [0.15, 0.2) is 0 Å². The topological polar surface area (TPSA) is 67.2 Å². The summed E-state index contributed by atoms with van der Waals surface area (Å²) in [7, 11) is 0. The molecule has 3 rings (SSSR count). The van der Waals surface area contributed by atoms with Gasteiger partial charge in [0, 0.05) is 11.6 Å². The lowest BCUT2D eigenvalue weighted by Crippen LogP contribution is -2.31. The average molecular weight is 410 g/mol. The monoisotopic (exact) mass is 409 g/mol. The Morgan fingerprint density at radius 1 is 1.35 bits per heavy atom. The molecule has 0 saturated carbocycles. The SMILES string of the molecule is Cc1ccc(-n2ncc(NCC(C)(O)c3ccsc3)c(Cl)c2=O)cc1Cl. The predicted octanol–water partition coefficient (Wildman–Crippen LogP) is 4.23. The van der Waals surface area contributed by atoms with Crippen molar-refractivity contribution in [3.63, 3.8) is 0 Å². The summed E-state index contributed by atoms with van der Waals surface area (Å²) in [6.07, 6.45) is 1.46. The number of hydrogen-bond acceptors (Lipinski definition) is 5. The van der Waals surface area contributed by atoms with Gasteiger partial charge in [-0.1, -0.05) is 29.3 Å². The second kappa shape index (κ2) is 7.40. The first-order valence-electron chi connectivity index (χ1n) is 7.83. The Morgan fingerprint density at radius 3 is 2.77 bits per heavy atom. The maximum atomic E-state index is 12.6. The number of rotatable bonds is 5. The lowest BCUT2D eigenvalue weighted by Gasteiger charge is -2.23. The molecule has 0 bridgehead atoms. The Hall–Kier alpha value is -1.86. The molecule has 3 aromatic rings. The number of thiophene rings is 1. The highest BCUT2D eigenvalue weighted by Crippen LogP contribution is 2.25. The lowest BCUT2D eigenvalue weighted by molar-refractivity contribution is 0.0720. The van der Waals surface area contributed by atoms with Crippen molar-refractivity contribution in [2.75, 3.05) is 11.9 Å². The van der Waals surface area contributed by atoms with E-state index in [0.29, 0.717) is 16.4 Å². The number of hydrogen-bond donors (Lipinski definition) is 2. The van der Waals surface area contributed by atoms with E-state index < -0.39 is 11.2 Å². The van der Waals surface area contributed by atoms with Gasteiger partial charge >= 0.3 is 0 Å². The molecule has 0 fully saturated rings. The summed E-state index contributed by atoms with van der Waals surface area (Å²) >= 11 is 13.9. The van der Waals surface area contributed by atoms with Crippen molar-refractivity contribution >= 4 is 40.2 Å². The average Bonchev–Trinajstić information content (AvgIpc) is 3.14. The number of benzene rings is 1. The molecule has 0 spiro atoms. The van der Waals surface area contributed by atoms with Crippen molar-refractivity contribution in [1.82, 2.24) is 9.78 Å². The molecule has 1 atom stereocenters. The Kier molecular flexibility index (Phi) is 5.39. The standard InChI is InChI=1S/C18H17Cl2N3O2S/c1-11-3-4-13(7-14(11)19)23-17(24)16(20)15(8-22-23)21-10-18(2,25)12-5-6-26-9-12/h3-9,21,25H,10H2,1-2H3. The molecule has 2 aromatic heterocycles. The minimum Gasteiger partial charge on any atom is -0.384 e. The van der Waals surface area contributed by atoms with Crippen LogP contribution in [0.15, 0.2) is 46.0 Å². The van der Waals surface area contributed by atoms with Gasteiger partial charge in [-0.05, 0) is 53.9 Å². The predicted molar refractivity (Wildman–Crippen MR) is 107 cm³/mol. The van der Waals surface area contributed by atoms with Gasteiger partial charge in [0.25, 0.3) is 5.56 Å². The normalized spacial score (nSPS) is 13.4. The van der Waals surface area contributed by atoms with Crippen molar-refractivity contribution in [2.24, 2.45) is 0 Å². The maximum absolute atomic E-state index is 12.6. The zero-order chi connectivity index (χ0) is 18.9. The zero-order valence-corrected chi connectivity index (χ0v) is 16.5. The largest absolute Gasteiger partial charge is 0.384 e. The summed E-state index contributed by atoms with van der Waals surface area (Å²) in [6, 6.07) is 7.08. The molecule has 0 saturated heterocycles. The van der Waals surface area contributed by atoms with Gasteiger partial charge in [-0.25, -0.2) is 0 Å². The van der Waals surface area contributed by atoms with Gasteiger partial charge in [0.1, 0.15) is 10.6 Å². The van der Waals surface area contributed by atoms with Crippen LogP contribution in [0, 0.1) is 6.92 Å². The molecule has 8 heteroatoms. The van der Waals surface area contributed by atoms with E-state index >= 15 is 0 Å². The van der Waals surface area contributed by atoms with Crippen molar-refractivity contribution in [1.29, 1.82) is 0 Å². The van der Waals surface area contributed by atoms with E-state index in [4.69, 9.17) is 23.2 Å². The van der Waals surface area contributed by atoms with Crippen LogP contribution in [0.3, 0.4) is 0 Å². The van der Waals surface area contributed by atoms with Gasteiger partial charge in [-0.3, -0.25) is 4.79 Å². The molecular weight excluding hydrogens is 393 g/mol. The van der Waals surface area contributed by atoms with E-state index in [9.17, 15) is 9.90 Å². The summed E-state index contributed by atoms with van der Waals surface area (Å²) in [5.41, 5.74) is 1.03. The van der Waals surface area contributed by atoms with Crippen molar-refractivity contribution in [2.45, 2.75) is 19.4 Å². The Labute approximate surface area is 164 Å². The number of nitrogens with zero attached hydrogens (tertiary/aromatic N) is 2. The maximum Gasteiger partial charge on any atom is 0.292 e. The Balaban J connectivity index is 1.86. The number of anilines is 1. The highest BCUT2D eigenvalue weighted by Gasteiger charge is 2.24. The quantitative estimate of drug-likeness (QED) is 0.661. The van der Waals surface area contributed by atoms with Gasteiger partial charge < -0.3 is 10.4 Å². The molecule has 5 nitrogen and oxygen atoms in total. The molecule has 2 N–H and O–H groups in total. The zero-order valence-electron chi connectivity index (χ0n) is 14.2. The van der Waals surface area contributed by atoms with Crippen molar-refractivity contribution in [3.8, 4) is 5.69 Å².